The molecule has 1 N–H and O–H groups in total. The Morgan fingerprint density at radius 1 is 1.10 bits per heavy atom. The molecule has 152 valence electrons. The van der Waals surface area contributed by atoms with Gasteiger partial charge in [0.25, 0.3) is 5.56 Å². The minimum absolute atomic E-state index is 0.228. The second-order valence-corrected chi connectivity index (χ2v) is 6.92. The van der Waals surface area contributed by atoms with Crippen LogP contribution < -0.4 is 10.9 Å². The van der Waals surface area contributed by atoms with Crippen LogP contribution in [0.15, 0.2) is 53.6 Å². The van der Waals surface area contributed by atoms with Gasteiger partial charge in [0, 0.05) is 5.56 Å². The number of nitrogens with one attached hydrogen (secondary N) is 1. The van der Waals surface area contributed by atoms with E-state index < -0.39 is 35.3 Å². The van der Waals surface area contributed by atoms with E-state index >= 15 is 0 Å². The van der Waals surface area contributed by atoms with Crippen LogP contribution in [-0.4, -0.2) is 25.3 Å². The highest BCUT2D eigenvalue weighted by molar-refractivity contribution is 5.90. The highest BCUT2D eigenvalue weighted by Crippen LogP contribution is 2.23. The number of nitrogens with zero attached hydrogens (tertiary/aromatic N) is 4. The van der Waals surface area contributed by atoms with Crippen LogP contribution in [0.5, 0.6) is 0 Å². The zero-order valence-corrected chi connectivity index (χ0v) is 16.2. The Morgan fingerprint density at radius 2 is 1.83 bits per heavy atom. The summed E-state index contributed by atoms with van der Waals surface area (Å²) in [5, 5.41) is 10.5. The molecule has 1 amide bonds. The van der Waals surface area contributed by atoms with Crippen molar-refractivity contribution >= 4 is 17.1 Å². The van der Waals surface area contributed by atoms with Crippen LogP contribution >= 0.6 is 0 Å². The number of carbonyl (C=O) groups is 1. The first kappa shape index (κ1) is 19.4. The lowest BCUT2D eigenvalue weighted by molar-refractivity contribution is -0.117. The van der Waals surface area contributed by atoms with Crippen molar-refractivity contribution in [1.29, 1.82) is 0 Å². The van der Waals surface area contributed by atoms with Crippen molar-refractivity contribution in [3.05, 3.63) is 81.9 Å². The molecule has 2 heterocycles. The first-order chi connectivity index (χ1) is 14.3. The zero-order valence-electron chi connectivity index (χ0n) is 16.2. The van der Waals surface area contributed by atoms with Gasteiger partial charge in [0.15, 0.2) is 0 Å². The minimum Gasteiger partial charge on any atom is -0.320 e. The van der Waals surface area contributed by atoms with E-state index in [4.69, 9.17) is 0 Å². The van der Waals surface area contributed by atoms with Crippen LogP contribution in [-0.2, 0) is 11.3 Å². The fourth-order valence-corrected chi connectivity index (χ4v) is 3.13. The molecule has 0 saturated carbocycles. The van der Waals surface area contributed by atoms with Crippen molar-refractivity contribution in [1.82, 2.24) is 19.4 Å². The third-order valence-corrected chi connectivity index (χ3v) is 4.68. The number of hydrogen-bond acceptors (Lipinski definition) is 4. The van der Waals surface area contributed by atoms with Gasteiger partial charge in [-0.05, 0) is 43.7 Å². The normalized spacial score (nSPS) is 11.1. The van der Waals surface area contributed by atoms with Crippen LogP contribution in [0.2, 0.25) is 0 Å². The quantitative estimate of drug-likeness (QED) is 0.562. The fourth-order valence-electron chi connectivity index (χ4n) is 3.13. The number of amides is 1. The molecule has 0 unspecified atom stereocenters. The Balaban J connectivity index is 1.65. The van der Waals surface area contributed by atoms with Crippen molar-refractivity contribution < 1.29 is 13.6 Å². The summed E-state index contributed by atoms with van der Waals surface area (Å²) in [5.41, 5.74) is 2.65. The maximum atomic E-state index is 13.7. The lowest BCUT2D eigenvalue weighted by atomic mass is 10.0. The van der Waals surface area contributed by atoms with Crippen LogP contribution in [0, 0.1) is 25.5 Å². The second kappa shape index (κ2) is 7.51. The highest BCUT2D eigenvalue weighted by atomic mass is 19.1. The number of hydrogen-bond donors (Lipinski definition) is 1. The van der Waals surface area contributed by atoms with Gasteiger partial charge >= 0.3 is 0 Å². The molecule has 0 atom stereocenters. The summed E-state index contributed by atoms with van der Waals surface area (Å²) in [6, 6.07) is 10.8. The molecule has 4 rings (SSSR count). The number of para-hydroxylation sites is 1. The number of carbonyl (C=O) groups excluding carboxylic acids is 1. The van der Waals surface area contributed by atoms with Gasteiger partial charge in [-0.2, -0.15) is 10.2 Å². The molecule has 0 aliphatic heterocycles. The van der Waals surface area contributed by atoms with E-state index in [1.807, 2.05) is 32.0 Å². The van der Waals surface area contributed by atoms with E-state index in [1.165, 1.54) is 16.9 Å². The zero-order chi connectivity index (χ0) is 21.4. The lowest BCUT2D eigenvalue weighted by Crippen LogP contribution is -2.31. The van der Waals surface area contributed by atoms with E-state index in [-0.39, 0.29) is 5.52 Å². The molecule has 0 fully saturated rings. The molecular weight excluding hydrogens is 392 g/mol. The Bertz CT molecular complexity index is 1320. The van der Waals surface area contributed by atoms with Gasteiger partial charge in [-0.25, -0.2) is 18.0 Å². The molecule has 0 aliphatic carbocycles. The van der Waals surface area contributed by atoms with Gasteiger partial charge in [-0.3, -0.25) is 9.59 Å². The van der Waals surface area contributed by atoms with E-state index in [9.17, 15) is 18.4 Å². The molecule has 0 bridgehead atoms. The number of halogens is 2. The Kier molecular flexibility index (Phi) is 4.86. The smallest absolute Gasteiger partial charge is 0.293 e. The summed E-state index contributed by atoms with van der Waals surface area (Å²) in [4.78, 5) is 25.0. The largest absolute Gasteiger partial charge is 0.320 e. The Hall–Kier alpha value is -3.88. The summed E-state index contributed by atoms with van der Waals surface area (Å²) >= 11 is 0. The van der Waals surface area contributed by atoms with Gasteiger partial charge in [0.05, 0.1) is 5.69 Å². The average molecular weight is 409 g/mol. The first-order valence-electron chi connectivity index (χ1n) is 9.10. The lowest BCUT2D eigenvalue weighted by Gasteiger charge is -2.08. The van der Waals surface area contributed by atoms with Crippen molar-refractivity contribution in [2.24, 2.45) is 0 Å². The van der Waals surface area contributed by atoms with E-state index in [0.717, 1.165) is 33.5 Å². The standard InChI is InChI=1S/C21H17F2N5O2/c1-12-6-7-13(2)14(8-12)17-9-18-21(30)27(24-11-28(18)26-17)10-19(29)25-20-15(22)4-3-5-16(20)23/h3-9,11H,10H2,1-2H3,(H,25,29). The molecule has 2 aromatic heterocycles. The average Bonchev–Trinajstić information content (AvgIpc) is 3.14. The SMILES string of the molecule is Cc1ccc(C)c(-c2cc3c(=O)n(CC(=O)Nc4c(F)cccc4F)ncn3n2)c1. The molecule has 0 saturated heterocycles. The third-order valence-electron chi connectivity index (χ3n) is 4.68. The van der Waals surface area contributed by atoms with Gasteiger partial charge in [0.1, 0.15) is 35.7 Å². The molecule has 2 aromatic carbocycles. The predicted octanol–water partition coefficient (Wildman–Crippen LogP) is 3.09. The van der Waals surface area contributed by atoms with E-state index in [0.29, 0.717) is 5.69 Å². The van der Waals surface area contributed by atoms with Gasteiger partial charge in [-0.15, -0.1) is 0 Å². The molecule has 0 aliphatic rings. The number of fused-ring (bicyclic) bond motifs is 1. The number of aryl methyl sites for hydroxylation is 2. The maximum Gasteiger partial charge on any atom is 0.293 e. The topological polar surface area (TPSA) is 81.3 Å². The molecular formula is C21H17F2N5O2. The van der Waals surface area contributed by atoms with Gasteiger partial charge in [-0.1, -0.05) is 23.8 Å². The summed E-state index contributed by atoms with van der Waals surface area (Å²) in [7, 11) is 0. The van der Waals surface area contributed by atoms with Crippen molar-refractivity contribution in [3.8, 4) is 11.3 Å². The predicted molar refractivity (Wildman–Crippen MR) is 107 cm³/mol. The minimum atomic E-state index is -0.909. The van der Waals surface area contributed by atoms with E-state index in [2.05, 4.69) is 15.5 Å². The number of aromatic nitrogens is 4. The maximum absolute atomic E-state index is 13.7. The fraction of sp³-hybridized carbons (Fsp3) is 0.143. The van der Waals surface area contributed by atoms with Crippen LogP contribution in [0.3, 0.4) is 0 Å². The third kappa shape index (κ3) is 3.57. The van der Waals surface area contributed by atoms with Gasteiger partial charge < -0.3 is 5.32 Å². The van der Waals surface area contributed by atoms with Crippen LogP contribution in [0.25, 0.3) is 16.8 Å². The number of rotatable bonds is 4. The van der Waals surface area contributed by atoms with Crippen LogP contribution in [0.1, 0.15) is 11.1 Å². The molecule has 0 spiro atoms. The molecule has 7 nitrogen and oxygen atoms in total. The van der Waals surface area contributed by atoms with Gasteiger partial charge in [0.2, 0.25) is 5.91 Å². The highest BCUT2D eigenvalue weighted by Gasteiger charge is 2.16. The molecule has 0 radical (unpaired) electrons. The van der Waals surface area contributed by atoms with Crippen molar-refractivity contribution in [3.63, 3.8) is 0 Å². The van der Waals surface area contributed by atoms with Crippen molar-refractivity contribution in [2.45, 2.75) is 20.4 Å². The molecule has 9 heteroatoms. The number of benzene rings is 2. The Labute approximate surface area is 169 Å². The second-order valence-electron chi connectivity index (χ2n) is 6.92. The van der Waals surface area contributed by atoms with E-state index in [1.54, 1.807) is 6.07 Å². The monoisotopic (exact) mass is 409 g/mol. The summed E-state index contributed by atoms with van der Waals surface area (Å²) in [5.74, 6) is -2.60. The summed E-state index contributed by atoms with van der Waals surface area (Å²) in [6.45, 7) is 3.40. The Morgan fingerprint density at radius 3 is 2.57 bits per heavy atom. The van der Waals surface area contributed by atoms with Crippen molar-refractivity contribution in [2.75, 3.05) is 5.32 Å². The molecule has 30 heavy (non-hydrogen) atoms. The molecule has 4 aromatic rings. The number of anilines is 1. The summed E-state index contributed by atoms with van der Waals surface area (Å²) in [6.07, 6.45) is 1.31. The first-order valence-corrected chi connectivity index (χ1v) is 9.10. The van der Waals surface area contributed by atoms with Crippen LogP contribution in [0.4, 0.5) is 14.5 Å². The summed E-state index contributed by atoms with van der Waals surface area (Å²) < 4.78 is 29.7.